The van der Waals surface area contributed by atoms with Gasteiger partial charge in [-0.3, -0.25) is 9.59 Å². The van der Waals surface area contributed by atoms with Crippen LogP contribution >= 0.6 is 11.6 Å². The van der Waals surface area contributed by atoms with E-state index in [4.69, 9.17) is 11.6 Å². The maximum absolute atomic E-state index is 12.9. The van der Waals surface area contributed by atoms with Gasteiger partial charge in [0.25, 0.3) is 5.91 Å². The summed E-state index contributed by atoms with van der Waals surface area (Å²) in [6, 6.07) is 14.5. The molecule has 1 saturated carbocycles. The molecule has 2 amide bonds. The van der Waals surface area contributed by atoms with Crippen molar-refractivity contribution in [3.05, 3.63) is 70.2 Å². The molecule has 0 heterocycles. The van der Waals surface area contributed by atoms with Crippen molar-refractivity contribution < 1.29 is 9.59 Å². The molecule has 0 spiro atoms. The van der Waals surface area contributed by atoms with Gasteiger partial charge in [0, 0.05) is 23.2 Å². The fraction of sp³-hybridized carbons (Fsp3) is 0.333. The van der Waals surface area contributed by atoms with Crippen molar-refractivity contribution in [2.45, 2.75) is 45.3 Å². The van der Waals surface area contributed by atoms with E-state index >= 15 is 0 Å². The number of benzene rings is 2. The zero-order valence-electron chi connectivity index (χ0n) is 15.0. The van der Waals surface area contributed by atoms with Crippen molar-refractivity contribution in [2.75, 3.05) is 0 Å². The highest BCUT2D eigenvalue weighted by molar-refractivity contribution is 6.30. The second-order valence-corrected chi connectivity index (χ2v) is 7.32. The molecule has 3 rings (SSSR count). The number of nitrogens with one attached hydrogen (secondary N) is 1. The molecule has 2 aromatic rings. The maximum Gasteiger partial charge on any atom is 0.251 e. The Kier molecular flexibility index (Phi) is 5.62. The summed E-state index contributed by atoms with van der Waals surface area (Å²) in [6.07, 6.45) is 2.05. The van der Waals surface area contributed by atoms with E-state index in [-0.39, 0.29) is 17.9 Å². The Bertz CT molecular complexity index is 800. The topological polar surface area (TPSA) is 49.4 Å². The molecule has 1 unspecified atom stereocenters. The highest BCUT2D eigenvalue weighted by Gasteiger charge is 2.35. The average Bonchev–Trinajstić information content (AvgIpc) is 3.44. The van der Waals surface area contributed by atoms with E-state index in [2.05, 4.69) is 11.4 Å². The van der Waals surface area contributed by atoms with Crippen LogP contribution in [-0.2, 0) is 11.3 Å². The molecule has 1 aliphatic rings. The van der Waals surface area contributed by atoms with Crippen molar-refractivity contribution in [1.82, 2.24) is 10.2 Å². The lowest BCUT2D eigenvalue weighted by Gasteiger charge is -2.26. The highest BCUT2D eigenvalue weighted by atomic mass is 35.5. The number of carbonyl (C=O) groups excluding carboxylic acids is 2. The van der Waals surface area contributed by atoms with Crippen LogP contribution in [0.5, 0.6) is 0 Å². The Hall–Kier alpha value is -2.33. The molecular weight excluding hydrogens is 348 g/mol. The molecule has 0 bridgehead atoms. The first-order valence-electron chi connectivity index (χ1n) is 8.86. The summed E-state index contributed by atoms with van der Waals surface area (Å²) in [5.74, 6) is -0.315. The van der Waals surface area contributed by atoms with Gasteiger partial charge in [0.05, 0.1) is 0 Å². The van der Waals surface area contributed by atoms with Crippen LogP contribution in [0.3, 0.4) is 0 Å². The van der Waals surface area contributed by atoms with E-state index < -0.39 is 6.04 Å². The number of aryl methyl sites for hydroxylation is 1. The second-order valence-electron chi connectivity index (χ2n) is 6.89. The lowest BCUT2D eigenvalue weighted by atomic mass is 10.1. The first-order valence-corrected chi connectivity index (χ1v) is 9.24. The number of rotatable bonds is 6. The Morgan fingerprint density at radius 1 is 1.19 bits per heavy atom. The van der Waals surface area contributed by atoms with E-state index in [1.165, 1.54) is 5.56 Å². The van der Waals surface area contributed by atoms with E-state index in [0.29, 0.717) is 17.1 Å². The summed E-state index contributed by atoms with van der Waals surface area (Å²) < 4.78 is 0. The zero-order valence-corrected chi connectivity index (χ0v) is 15.8. The minimum absolute atomic E-state index is 0.0451. The SMILES string of the molecule is Cc1cccc(CN(C(=O)C(C)NC(=O)c2ccc(Cl)cc2)C2CC2)c1. The smallest absolute Gasteiger partial charge is 0.251 e. The fourth-order valence-corrected chi connectivity index (χ4v) is 3.10. The van der Waals surface area contributed by atoms with Crippen LogP contribution in [0.25, 0.3) is 0 Å². The molecule has 1 aliphatic carbocycles. The maximum atomic E-state index is 12.9. The first kappa shape index (κ1) is 18.5. The van der Waals surface area contributed by atoms with Crippen molar-refractivity contribution in [1.29, 1.82) is 0 Å². The molecule has 1 fully saturated rings. The van der Waals surface area contributed by atoms with E-state index in [9.17, 15) is 9.59 Å². The van der Waals surface area contributed by atoms with Crippen molar-refractivity contribution >= 4 is 23.4 Å². The summed E-state index contributed by atoms with van der Waals surface area (Å²) in [5, 5.41) is 3.38. The third-order valence-electron chi connectivity index (χ3n) is 4.53. The number of carbonyl (C=O) groups is 2. The largest absolute Gasteiger partial charge is 0.341 e. The average molecular weight is 371 g/mol. The molecule has 136 valence electrons. The normalized spacial score (nSPS) is 14.6. The van der Waals surface area contributed by atoms with Gasteiger partial charge < -0.3 is 10.2 Å². The molecule has 0 aromatic heterocycles. The molecule has 0 saturated heterocycles. The standard InChI is InChI=1S/C21H23ClN2O2/c1-14-4-3-5-16(12-14)13-24(19-10-11-19)21(26)15(2)23-20(25)17-6-8-18(22)9-7-17/h3-9,12,15,19H,10-11,13H2,1-2H3,(H,23,25). The van der Waals surface area contributed by atoms with Crippen LogP contribution in [0.2, 0.25) is 5.02 Å². The molecular formula is C21H23ClN2O2. The summed E-state index contributed by atoms with van der Waals surface area (Å²) in [4.78, 5) is 27.2. The van der Waals surface area contributed by atoms with Gasteiger partial charge in [0.2, 0.25) is 5.91 Å². The molecule has 26 heavy (non-hydrogen) atoms. The minimum atomic E-state index is -0.580. The van der Waals surface area contributed by atoms with Crippen molar-refractivity contribution in [3.8, 4) is 0 Å². The van der Waals surface area contributed by atoms with Gasteiger partial charge in [0.1, 0.15) is 6.04 Å². The van der Waals surface area contributed by atoms with E-state index in [0.717, 1.165) is 18.4 Å². The monoisotopic (exact) mass is 370 g/mol. The lowest BCUT2D eigenvalue weighted by molar-refractivity contribution is -0.134. The molecule has 0 aliphatic heterocycles. The minimum Gasteiger partial charge on any atom is -0.341 e. The molecule has 2 aromatic carbocycles. The summed E-state index contributed by atoms with van der Waals surface area (Å²) in [6.45, 7) is 4.36. The van der Waals surface area contributed by atoms with Crippen LogP contribution in [0.1, 0.15) is 41.3 Å². The van der Waals surface area contributed by atoms with E-state index in [1.54, 1.807) is 31.2 Å². The van der Waals surface area contributed by atoms with Gasteiger partial charge in [-0.25, -0.2) is 0 Å². The van der Waals surface area contributed by atoms with Gasteiger partial charge in [-0.05, 0) is 56.5 Å². The predicted molar refractivity (Wildman–Crippen MR) is 103 cm³/mol. The number of halogens is 1. The van der Waals surface area contributed by atoms with E-state index in [1.807, 2.05) is 30.0 Å². The van der Waals surface area contributed by atoms with Crippen LogP contribution in [0.4, 0.5) is 0 Å². The summed E-state index contributed by atoms with van der Waals surface area (Å²) in [7, 11) is 0. The van der Waals surface area contributed by atoms with Crippen LogP contribution < -0.4 is 5.32 Å². The van der Waals surface area contributed by atoms with Gasteiger partial charge in [0.15, 0.2) is 0 Å². The Morgan fingerprint density at radius 3 is 2.50 bits per heavy atom. The predicted octanol–water partition coefficient (Wildman–Crippen LogP) is 3.96. The van der Waals surface area contributed by atoms with Gasteiger partial charge in [-0.2, -0.15) is 0 Å². The van der Waals surface area contributed by atoms with Gasteiger partial charge in [-0.15, -0.1) is 0 Å². The summed E-state index contributed by atoms with van der Waals surface area (Å²) in [5.41, 5.74) is 2.78. The van der Waals surface area contributed by atoms with Crippen molar-refractivity contribution in [3.63, 3.8) is 0 Å². The number of nitrogens with zero attached hydrogens (tertiary/aromatic N) is 1. The third-order valence-corrected chi connectivity index (χ3v) is 4.78. The Morgan fingerprint density at radius 2 is 1.88 bits per heavy atom. The molecule has 4 nitrogen and oxygen atoms in total. The fourth-order valence-electron chi connectivity index (χ4n) is 2.97. The number of hydrogen-bond donors (Lipinski definition) is 1. The zero-order chi connectivity index (χ0) is 18.7. The molecule has 5 heteroatoms. The Labute approximate surface area is 159 Å². The summed E-state index contributed by atoms with van der Waals surface area (Å²) >= 11 is 5.85. The second kappa shape index (κ2) is 7.92. The quantitative estimate of drug-likeness (QED) is 0.836. The number of amides is 2. The molecule has 1 atom stereocenters. The lowest BCUT2D eigenvalue weighted by Crippen LogP contribution is -2.47. The van der Waals surface area contributed by atoms with Gasteiger partial charge in [-0.1, -0.05) is 41.4 Å². The first-order chi connectivity index (χ1) is 12.4. The van der Waals surface area contributed by atoms with Crippen molar-refractivity contribution in [2.24, 2.45) is 0 Å². The third kappa shape index (κ3) is 4.64. The van der Waals surface area contributed by atoms with Crippen LogP contribution in [0.15, 0.2) is 48.5 Å². The van der Waals surface area contributed by atoms with Crippen LogP contribution in [0, 0.1) is 6.92 Å². The van der Waals surface area contributed by atoms with Gasteiger partial charge >= 0.3 is 0 Å². The van der Waals surface area contributed by atoms with Crippen LogP contribution in [-0.4, -0.2) is 28.8 Å². The molecule has 0 radical (unpaired) electrons. The Balaban J connectivity index is 1.66. The number of hydrogen-bond acceptors (Lipinski definition) is 2. The highest BCUT2D eigenvalue weighted by Crippen LogP contribution is 2.29. The molecule has 1 N–H and O–H groups in total.